The van der Waals surface area contributed by atoms with Crippen LogP contribution in [0.2, 0.25) is 0 Å². The highest BCUT2D eigenvalue weighted by Crippen LogP contribution is 2.09. The average Bonchev–Trinajstić information content (AvgIpc) is 3.21. The van der Waals surface area contributed by atoms with Crippen LogP contribution in [0.5, 0.6) is 0 Å². The molecule has 0 aliphatic rings. The Hall–Kier alpha value is -3.00. The van der Waals surface area contributed by atoms with Crippen molar-refractivity contribution < 1.29 is 13.9 Å². The maximum Gasteiger partial charge on any atom is 0.319 e. The number of nitrogens with one attached hydrogen (secondary N) is 4. The summed E-state index contributed by atoms with van der Waals surface area (Å²) < 4.78 is 10.8. The Labute approximate surface area is 172 Å². The number of carbonyl (C=O) groups is 1. The predicted molar refractivity (Wildman–Crippen MR) is 115 cm³/mol. The molecule has 0 radical (unpaired) electrons. The molecule has 0 saturated carbocycles. The molecule has 2 aromatic rings. The van der Waals surface area contributed by atoms with E-state index < -0.39 is 0 Å². The lowest BCUT2D eigenvalue weighted by atomic mass is 10.2. The number of urea groups is 1. The van der Waals surface area contributed by atoms with Crippen LogP contribution in [0, 0.1) is 0 Å². The second-order valence-corrected chi connectivity index (χ2v) is 6.79. The maximum atomic E-state index is 11.7. The zero-order valence-electron chi connectivity index (χ0n) is 17.3. The van der Waals surface area contributed by atoms with Crippen molar-refractivity contribution >= 4 is 17.7 Å². The normalized spacial score (nSPS) is 11.4. The van der Waals surface area contributed by atoms with Gasteiger partial charge in [-0.15, -0.1) is 0 Å². The van der Waals surface area contributed by atoms with E-state index in [2.05, 4.69) is 26.3 Å². The third kappa shape index (κ3) is 9.16. The van der Waals surface area contributed by atoms with E-state index in [4.69, 9.17) is 9.15 Å². The van der Waals surface area contributed by atoms with Gasteiger partial charge in [-0.05, 0) is 50.1 Å². The van der Waals surface area contributed by atoms with E-state index >= 15 is 0 Å². The molecule has 0 atom stereocenters. The summed E-state index contributed by atoms with van der Waals surface area (Å²) in [6, 6.07) is 11.3. The van der Waals surface area contributed by atoms with Gasteiger partial charge in [-0.3, -0.25) is 4.99 Å². The molecule has 1 heterocycles. The third-order valence-corrected chi connectivity index (χ3v) is 3.90. The number of furan rings is 1. The number of rotatable bonds is 10. The molecule has 0 fully saturated rings. The number of hydrogen-bond donors (Lipinski definition) is 4. The molecular formula is C21H31N5O3. The van der Waals surface area contributed by atoms with Gasteiger partial charge in [0, 0.05) is 38.5 Å². The molecule has 0 saturated heterocycles. The quantitative estimate of drug-likeness (QED) is 0.279. The van der Waals surface area contributed by atoms with Gasteiger partial charge in [0.25, 0.3) is 0 Å². The summed E-state index contributed by atoms with van der Waals surface area (Å²) in [6.45, 7) is 6.36. The van der Waals surface area contributed by atoms with E-state index in [-0.39, 0.29) is 12.1 Å². The number of benzene rings is 1. The summed E-state index contributed by atoms with van der Waals surface area (Å²) >= 11 is 0. The lowest BCUT2D eigenvalue weighted by molar-refractivity contribution is 0.105. The number of hydrogen-bond acceptors (Lipinski definition) is 4. The number of anilines is 1. The van der Waals surface area contributed by atoms with Crippen molar-refractivity contribution in [3.05, 3.63) is 54.0 Å². The summed E-state index contributed by atoms with van der Waals surface area (Å²) in [5, 5.41) is 12.1. The van der Waals surface area contributed by atoms with Crippen LogP contribution in [-0.4, -0.2) is 38.2 Å². The van der Waals surface area contributed by atoms with Gasteiger partial charge in [0.05, 0.1) is 6.26 Å². The van der Waals surface area contributed by atoms with Crippen LogP contribution in [0.1, 0.15) is 31.6 Å². The van der Waals surface area contributed by atoms with Crippen LogP contribution in [0.15, 0.2) is 52.1 Å². The number of amides is 2. The minimum absolute atomic E-state index is 0.0975. The molecular weight excluding hydrogens is 370 g/mol. The van der Waals surface area contributed by atoms with E-state index in [0.717, 1.165) is 35.9 Å². The first kappa shape index (κ1) is 22.3. The van der Waals surface area contributed by atoms with E-state index in [1.54, 1.807) is 13.3 Å². The van der Waals surface area contributed by atoms with E-state index in [1.807, 2.05) is 50.2 Å². The van der Waals surface area contributed by atoms with Crippen molar-refractivity contribution in [2.45, 2.75) is 39.5 Å². The summed E-state index contributed by atoms with van der Waals surface area (Å²) in [5.74, 6) is 1.56. The standard InChI is InChI=1S/C21H31N5O3/c1-16(2)25-21(27)26-18-9-7-17(8-10-18)14-24-20(22-3)23-11-5-12-28-15-19-6-4-13-29-19/h4,6-10,13,16H,5,11-12,14-15H2,1-3H3,(H2,22,23,24)(H2,25,26,27). The molecule has 0 aliphatic heterocycles. The van der Waals surface area contributed by atoms with E-state index in [1.165, 1.54) is 0 Å². The zero-order chi connectivity index (χ0) is 20.9. The van der Waals surface area contributed by atoms with Crippen LogP contribution >= 0.6 is 0 Å². The van der Waals surface area contributed by atoms with Gasteiger partial charge in [-0.25, -0.2) is 4.79 Å². The number of ether oxygens (including phenoxy) is 1. The Morgan fingerprint density at radius 1 is 1.17 bits per heavy atom. The minimum Gasteiger partial charge on any atom is -0.467 e. The molecule has 0 bridgehead atoms. The molecule has 0 aliphatic carbocycles. The Morgan fingerprint density at radius 2 is 1.97 bits per heavy atom. The van der Waals surface area contributed by atoms with Crippen molar-refractivity contribution in [2.24, 2.45) is 4.99 Å². The fourth-order valence-electron chi connectivity index (χ4n) is 2.49. The molecule has 4 N–H and O–H groups in total. The first-order chi connectivity index (χ1) is 14.1. The highest BCUT2D eigenvalue weighted by molar-refractivity contribution is 5.89. The number of aliphatic imine (C=N–C) groups is 1. The van der Waals surface area contributed by atoms with Crippen LogP contribution in [-0.2, 0) is 17.9 Å². The summed E-state index contributed by atoms with van der Waals surface area (Å²) in [7, 11) is 1.74. The van der Waals surface area contributed by atoms with Crippen molar-refractivity contribution in [2.75, 3.05) is 25.5 Å². The minimum atomic E-state index is -0.205. The van der Waals surface area contributed by atoms with Crippen molar-refractivity contribution in [3.8, 4) is 0 Å². The lowest BCUT2D eigenvalue weighted by Crippen LogP contribution is -2.37. The van der Waals surface area contributed by atoms with Gasteiger partial charge in [0.2, 0.25) is 0 Å². The topological polar surface area (TPSA) is 99.9 Å². The Kier molecular flexibility index (Phi) is 9.57. The molecule has 158 valence electrons. The lowest BCUT2D eigenvalue weighted by Gasteiger charge is -2.13. The molecule has 8 nitrogen and oxygen atoms in total. The summed E-state index contributed by atoms with van der Waals surface area (Å²) in [4.78, 5) is 15.9. The van der Waals surface area contributed by atoms with Crippen LogP contribution < -0.4 is 21.3 Å². The van der Waals surface area contributed by atoms with Crippen molar-refractivity contribution in [1.82, 2.24) is 16.0 Å². The maximum absolute atomic E-state index is 11.7. The van der Waals surface area contributed by atoms with Crippen LogP contribution in [0.25, 0.3) is 0 Å². The Balaban J connectivity index is 1.62. The molecule has 8 heteroatoms. The summed E-state index contributed by atoms with van der Waals surface area (Å²) in [6.07, 6.45) is 2.50. The third-order valence-electron chi connectivity index (χ3n) is 3.90. The number of guanidine groups is 1. The van der Waals surface area contributed by atoms with E-state index in [0.29, 0.717) is 19.8 Å². The highest BCUT2D eigenvalue weighted by atomic mass is 16.5. The Morgan fingerprint density at radius 3 is 2.62 bits per heavy atom. The Bertz CT molecular complexity index is 742. The van der Waals surface area contributed by atoms with Gasteiger partial charge in [0.1, 0.15) is 12.4 Å². The fourth-order valence-corrected chi connectivity index (χ4v) is 2.49. The molecule has 29 heavy (non-hydrogen) atoms. The molecule has 2 rings (SSSR count). The second kappa shape index (κ2) is 12.5. The molecule has 0 spiro atoms. The van der Waals surface area contributed by atoms with E-state index in [9.17, 15) is 4.79 Å². The van der Waals surface area contributed by atoms with Gasteiger partial charge >= 0.3 is 6.03 Å². The predicted octanol–water partition coefficient (Wildman–Crippen LogP) is 3.08. The monoisotopic (exact) mass is 401 g/mol. The molecule has 2 amide bonds. The first-order valence-corrected chi connectivity index (χ1v) is 9.78. The highest BCUT2D eigenvalue weighted by Gasteiger charge is 2.04. The first-order valence-electron chi connectivity index (χ1n) is 9.78. The average molecular weight is 402 g/mol. The fraction of sp³-hybridized carbons (Fsp3) is 0.429. The molecule has 1 aromatic heterocycles. The second-order valence-electron chi connectivity index (χ2n) is 6.79. The largest absolute Gasteiger partial charge is 0.467 e. The number of carbonyl (C=O) groups excluding carboxylic acids is 1. The van der Waals surface area contributed by atoms with Gasteiger partial charge in [-0.2, -0.15) is 0 Å². The molecule has 0 unspecified atom stereocenters. The number of nitrogens with zero attached hydrogens (tertiary/aromatic N) is 1. The van der Waals surface area contributed by atoms with Gasteiger partial charge < -0.3 is 30.4 Å². The van der Waals surface area contributed by atoms with Crippen molar-refractivity contribution in [1.29, 1.82) is 0 Å². The van der Waals surface area contributed by atoms with Crippen LogP contribution in [0.4, 0.5) is 10.5 Å². The van der Waals surface area contributed by atoms with Gasteiger partial charge in [-0.1, -0.05) is 12.1 Å². The van der Waals surface area contributed by atoms with Crippen LogP contribution in [0.3, 0.4) is 0 Å². The smallest absolute Gasteiger partial charge is 0.319 e. The summed E-state index contributed by atoms with van der Waals surface area (Å²) in [5.41, 5.74) is 1.84. The molecule has 1 aromatic carbocycles. The SMILES string of the molecule is CN=C(NCCCOCc1ccco1)NCc1ccc(NC(=O)NC(C)C)cc1. The van der Waals surface area contributed by atoms with Gasteiger partial charge in [0.15, 0.2) is 5.96 Å². The van der Waals surface area contributed by atoms with Crippen molar-refractivity contribution in [3.63, 3.8) is 0 Å². The zero-order valence-corrected chi connectivity index (χ0v) is 17.3.